The highest BCUT2D eigenvalue weighted by Crippen LogP contribution is 2.53. The number of hydrogen-bond acceptors (Lipinski definition) is 0. The van der Waals surface area contributed by atoms with Gasteiger partial charge in [-0.3, -0.25) is 0 Å². The molecule has 0 amide bonds. The molecule has 2 aliphatic rings. The molecule has 0 radical (unpaired) electrons. The van der Waals surface area contributed by atoms with Crippen LogP contribution < -0.4 is 0 Å². The molecule has 0 saturated carbocycles. The van der Waals surface area contributed by atoms with Crippen LogP contribution in [0.1, 0.15) is 51.2 Å². The molecule has 20 heavy (non-hydrogen) atoms. The minimum absolute atomic E-state index is 0.168. The number of benzene rings is 1. The molecule has 1 unspecified atom stereocenters. The normalized spacial score (nSPS) is 21.4. The van der Waals surface area contributed by atoms with Crippen molar-refractivity contribution >= 4 is 22.0 Å². The molecular formula is C19H21Br. The van der Waals surface area contributed by atoms with Gasteiger partial charge >= 0.3 is 0 Å². The molecule has 3 rings (SSSR count). The van der Waals surface area contributed by atoms with E-state index in [1.807, 2.05) is 0 Å². The van der Waals surface area contributed by atoms with Gasteiger partial charge in [-0.1, -0.05) is 76.9 Å². The fraction of sp³-hybridized carbons (Fsp3) is 0.368. The van der Waals surface area contributed by atoms with Crippen molar-refractivity contribution in [2.75, 3.05) is 0 Å². The van der Waals surface area contributed by atoms with Crippen molar-refractivity contribution in [1.29, 1.82) is 0 Å². The van der Waals surface area contributed by atoms with E-state index in [1.54, 1.807) is 5.57 Å². The van der Waals surface area contributed by atoms with Crippen molar-refractivity contribution in [3.05, 3.63) is 62.7 Å². The van der Waals surface area contributed by atoms with Crippen molar-refractivity contribution in [3.63, 3.8) is 0 Å². The monoisotopic (exact) mass is 328 g/mol. The third-order valence-corrected chi connectivity index (χ3v) is 5.51. The summed E-state index contributed by atoms with van der Waals surface area (Å²) in [5.41, 5.74) is 7.43. The van der Waals surface area contributed by atoms with Gasteiger partial charge in [0.1, 0.15) is 0 Å². The fourth-order valence-electron chi connectivity index (χ4n) is 3.77. The number of hydrogen-bond donors (Lipinski definition) is 0. The van der Waals surface area contributed by atoms with E-state index >= 15 is 0 Å². The van der Waals surface area contributed by atoms with Crippen LogP contribution in [0, 0.1) is 5.41 Å². The summed E-state index contributed by atoms with van der Waals surface area (Å²) in [7, 11) is 0. The highest BCUT2D eigenvalue weighted by atomic mass is 79.9. The minimum atomic E-state index is 0.168. The molecule has 0 bridgehead atoms. The molecule has 0 nitrogen and oxygen atoms in total. The molecule has 0 N–H and O–H groups in total. The first-order valence-electron chi connectivity index (χ1n) is 7.25. The number of fused-ring (bicyclic) bond motifs is 1. The first-order valence-corrected chi connectivity index (χ1v) is 8.05. The van der Waals surface area contributed by atoms with E-state index in [2.05, 4.69) is 80.1 Å². The van der Waals surface area contributed by atoms with Crippen LogP contribution in [0.15, 0.2) is 51.5 Å². The topological polar surface area (TPSA) is 0 Å². The Kier molecular flexibility index (Phi) is 3.29. The number of rotatable bonds is 2. The van der Waals surface area contributed by atoms with E-state index in [4.69, 9.17) is 0 Å². The van der Waals surface area contributed by atoms with E-state index in [0.29, 0.717) is 5.92 Å². The van der Waals surface area contributed by atoms with E-state index in [-0.39, 0.29) is 5.41 Å². The largest absolute Gasteiger partial charge is 0.0775 e. The van der Waals surface area contributed by atoms with Crippen LogP contribution in [-0.2, 0) is 0 Å². The summed E-state index contributed by atoms with van der Waals surface area (Å²) >= 11 is 3.69. The summed E-state index contributed by atoms with van der Waals surface area (Å²) in [6.07, 6.45) is 8.17. The average molecular weight is 329 g/mol. The van der Waals surface area contributed by atoms with Crippen molar-refractivity contribution in [2.45, 2.75) is 40.0 Å². The van der Waals surface area contributed by atoms with Crippen molar-refractivity contribution in [3.8, 4) is 0 Å². The summed E-state index contributed by atoms with van der Waals surface area (Å²) in [6.45, 7) is 9.26. The van der Waals surface area contributed by atoms with Crippen LogP contribution in [-0.4, -0.2) is 0 Å². The lowest BCUT2D eigenvalue weighted by Crippen LogP contribution is -2.24. The second-order valence-electron chi connectivity index (χ2n) is 6.61. The van der Waals surface area contributed by atoms with Crippen molar-refractivity contribution < 1.29 is 0 Å². The lowest BCUT2D eigenvalue weighted by atomic mass is 9.68. The summed E-state index contributed by atoms with van der Waals surface area (Å²) in [5, 5.41) is 0. The van der Waals surface area contributed by atoms with Crippen LogP contribution >= 0.6 is 15.9 Å². The molecule has 104 valence electrons. The molecule has 1 atom stereocenters. The maximum absolute atomic E-state index is 3.69. The zero-order valence-corrected chi connectivity index (χ0v) is 14.2. The quantitative estimate of drug-likeness (QED) is 0.601. The maximum Gasteiger partial charge on any atom is 0.0250 e. The highest BCUT2D eigenvalue weighted by Gasteiger charge is 2.39. The van der Waals surface area contributed by atoms with Crippen molar-refractivity contribution in [1.82, 2.24) is 0 Å². The Morgan fingerprint density at radius 1 is 1.15 bits per heavy atom. The SMILES string of the molecule is CC1=CCC(C(C)(C)C2C(C)=Cc3c(Br)cccc32)=C1. The van der Waals surface area contributed by atoms with Crippen LogP contribution in [0.5, 0.6) is 0 Å². The van der Waals surface area contributed by atoms with Crippen LogP contribution in [0.2, 0.25) is 0 Å². The third kappa shape index (κ3) is 2.03. The third-order valence-electron chi connectivity index (χ3n) is 4.82. The maximum atomic E-state index is 3.69. The zero-order chi connectivity index (χ0) is 14.5. The highest BCUT2D eigenvalue weighted by molar-refractivity contribution is 9.10. The van der Waals surface area contributed by atoms with Gasteiger partial charge in [0.15, 0.2) is 0 Å². The second-order valence-corrected chi connectivity index (χ2v) is 7.46. The fourth-order valence-corrected chi connectivity index (χ4v) is 4.27. The van der Waals surface area contributed by atoms with Gasteiger partial charge in [-0.2, -0.15) is 0 Å². The van der Waals surface area contributed by atoms with Crippen LogP contribution in [0.25, 0.3) is 6.08 Å². The lowest BCUT2D eigenvalue weighted by Gasteiger charge is -2.35. The summed E-state index contributed by atoms with van der Waals surface area (Å²) < 4.78 is 1.21. The first kappa shape index (κ1) is 13.9. The lowest BCUT2D eigenvalue weighted by molar-refractivity contribution is 0.383. The molecule has 0 fully saturated rings. The van der Waals surface area contributed by atoms with E-state index in [0.717, 1.165) is 6.42 Å². The van der Waals surface area contributed by atoms with Crippen LogP contribution in [0.4, 0.5) is 0 Å². The average Bonchev–Trinajstić information content (AvgIpc) is 2.94. The Morgan fingerprint density at radius 3 is 2.55 bits per heavy atom. The Balaban J connectivity index is 2.07. The first-order chi connectivity index (χ1) is 9.41. The molecule has 0 saturated heterocycles. The van der Waals surface area contributed by atoms with Gasteiger partial charge in [0, 0.05) is 10.4 Å². The standard InChI is InChI=1S/C19H21Br/c1-12-8-9-14(10-12)19(3,4)18-13(2)11-16-15(18)6-5-7-17(16)20/h5-8,10-11,18H,9H2,1-4H3. The molecule has 1 aromatic rings. The van der Waals surface area contributed by atoms with Crippen molar-refractivity contribution in [2.24, 2.45) is 5.41 Å². The Labute approximate surface area is 130 Å². The van der Waals surface area contributed by atoms with E-state index < -0.39 is 0 Å². The Bertz CT molecular complexity index is 656. The van der Waals surface area contributed by atoms with E-state index in [1.165, 1.54) is 26.7 Å². The number of halogens is 1. The minimum Gasteiger partial charge on any atom is -0.0775 e. The summed E-state index contributed by atoms with van der Waals surface area (Å²) in [4.78, 5) is 0. The predicted octanol–water partition coefficient (Wildman–Crippen LogP) is 6.25. The molecule has 1 aromatic carbocycles. The van der Waals surface area contributed by atoms with Gasteiger partial charge in [-0.15, -0.1) is 0 Å². The second kappa shape index (κ2) is 4.73. The molecule has 0 aromatic heterocycles. The smallest absolute Gasteiger partial charge is 0.0250 e. The van der Waals surface area contributed by atoms with Gasteiger partial charge in [0.05, 0.1) is 0 Å². The molecule has 0 spiro atoms. The Hall–Kier alpha value is -1.08. The molecule has 1 heteroatoms. The molecule has 0 aliphatic heterocycles. The molecule has 2 aliphatic carbocycles. The molecular weight excluding hydrogens is 308 g/mol. The summed E-state index contributed by atoms with van der Waals surface area (Å²) in [5.74, 6) is 0.487. The van der Waals surface area contributed by atoms with Gasteiger partial charge < -0.3 is 0 Å². The molecule has 0 heterocycles. The summed E-state index contributed by atoms with van der Waals surface area (Å²) in [6, 6.07) is 6.58. The van der Waals surface area contributed by atoms with Crippen LogP contribution in [0.3, 0.4) is 0 Å². The van der Waals surface area contributed by atoms with Gasteiger partial charge in [0.25, 0.3) is 0 Å². The van der Waals surface area contributed by atoms with Gasteiger partial charge in [-0.05, 0) is 42.9 Å². The number of allylic oxidation sites excluding steroid dienone is 5. The van der Waals surface area contributed by atoms with Gasteiger partial charge in [0.2, 0.25) is 0 Å². The predicted molar refractivity (Wildman–Crippen MR) is 90.8 cm³/mol. The Morgan fingerprint density at radius 2 is 1.90 bits per heavy atom. The van der Waals surface area contributed by atoms with Gasteiger partial charge in [-0.25, -0.2) is 0 Å². The zero-order valence-electron chi connectivity index (χ0n) is 12.6. The van der Waals surface area contributed by atoms with E-state index in [9.17, 15) is 0 Å².